The van der Waals surface area contributed by atoms with E-state index in [1.807, 2.05) is 0 Å². The Kier molecular flexibility index (Phi) is 4.35. The van der Waals surface area contributed by atoms with Crippen LogP contribution in [0.2, 0.25) is 0 Å². The molecule has 0 radical (unpaired) electrons. The normalized spacial score (nSPS) is 14.4. The Morgan fingerprint density at radius 3 is 2.38 bits per heavy atom. The van der Waals surface area contributed by atoms with Crippen molar-refractivity contribution in [1.29, 1.82) is 0 Å². The van der Waals surface area contributed by atoms with Gasteiger partial charge >= 0.3 is 5.97 Å². The van der Waals surface area contributed by atoms with Crippen LogP contribution in [-0.4, -0.2) is 32.6 Å². The van der Waals surface area contributed by atoms with Gasteiger partial charge in [-0.2, -0.15) is 0 Å². The molecule has 1 unspecified atom stereocenters. The first-order valence-electron chi connectivity index (χ1n) is 4.74. The van der Waals surface area contributed by atoms with Crippen LogP contribution in [0.4, 0.5) is 0 Å². The lowest BCUT2D eigenvalue weighted by molar-refractivity contribution is -0.154. The quantitative estimate of drug-likeness (QED) is 0.674. The van der Waals surface area contributed by atoms with E-state index in [4.69, 9.17) is 10.2 Å². The highest BCUT2D eigenvalue weighted by Gasteiger charge is 2.29. The van der Waals surface area contributed by atoms with Crippen LogP contribution in [0, 0.1) is 0 Å². The van der Waals surface area contributed by atoms with Crippen LogP contribution in [0.15, 0.2) is 29.2 Å². The second-order valence-electron chi connectivity index (χ2n) is 3.67. The van der Waals surface area contributed by atoms with Crippen molar-refractivity contribution >= 4 is 17.7 Å². The highest BCUT2D eigenvalue weighted by Crippen LogP contribution is 2.23. The molecule has 0 bridgehead atoms. The monoisotopic (exact) mass is 242 g/mol. The number of aliphatic hydroxyl groups is 2. The average Bonchev–Trinajstić information content (AvgIpc) is 2.27. The molecule has 0 saturated heterocycles. The van der Waals surface area contributed by atoms with Crippen LogP contribution in [-0.2, 0) is 11.4 Å². The summed E-state index contributed by atoms with van der Waals surface area (Å²) in [7, 11) is 0. The van der Waals surface area contributed by atoms with Crippen LogP contribution < -0.4 is 0 Å². The lowest BCUT2D eigenvalue weighted by Crippen LogP contribution is -2.37. The van der Waals surface area contributed by atoms with E-state index in [2.05, 4.69) is 0 Å². The minimum Gasteiger partial charge on any atom is -0.479 e. The van der Waals surface area contributed by atoms with Crippen molar-refractivity contribution in [2.75, 3.05) is 5.75 Å². The van der Waals surface area contributed by atoms with Gasteiger partial charge in [0.05, 0.1) is 6.61 Å². The topological polar surface area (TPSA) is 77.8 Å². The van der Waals surface area contributed by atoms with Crippen LogP contribution in [0.25, 0.3) is 0 Å². The summed E-state index contributed by atoms with van der Waals surface area (Å²) in [6.45, 7) is 1.25. The van der Waals surface area contributed by atoms with Crippen molar-refractivity contribution in [3.05, 3.63) is 29.8 Å². The zero-order chi connectivity index (χ0) is 12.2. The number of carboxylic acids is 1. The lowest BCUT2D eigenvalue weighted by atomic mass is 10.1. The summed E-state index contributed by atoms with van der Waals surface area (Å²) in [5, 5.41) is 27.0. The molecule has 0 heterocycles. The van der Waals surface area contributed by atoms with Crippen LogP contribution in [0.3, 0.4) is 0 Å². The molecule has 1 atom stereocenters. The summed E-state index contributed by atoms with van der Waals surface area (Å²) in [6, 6.07) is 7.10. The smallest absolute Gasteiger partial charge is 0.336 e. The van der Waals surface area contributed by atoms with Crippen molar-refractivity contribution in [3.63, 3.8) is 0 Å². The minimum absolute atomic E-state index is 0.0161. The second kappa shape index (κ2) is 5.34. The van der Waals surface area contributed by atoms with E-state index in [-0.39, 0.29) is 12.4 Å². The largest absolute Gasteiger partial charge is 0.479 e. The van der Waals surface area contributed by atoms with Gasteiger partial charge in [0.15, 0.2) is 5.60 Å². The van der Waals surface area contributed by atoms with Crippen molar-refractivity contribution < 1.29 is 20.1 Å². The van der Waals surface area contributed by atoms with Crippen molar-refractivity contribution in [3.8, 4) is 0 Å². The number of thioether (sulfide) groups is 1. The van der Waals surface area contributed by atoms with Gasteiger partial charge in [0, 0.05) is 10.6 Å². The Labute approximate surface area is 97.9 Å². The van der Waals surface area contributed by atoms with E-state index >= 15 is 0 Å². The SMILES string of the molecule is CC(O)(CSc1ccc(CO)cc1)C(=O)O. The Morgan fingerprint density at radius 1 is 1.38 bits per heavy atom. The molecule has 1 aromatic rings. The molecular weight excluding hydrogens is 228 g/mol. The fraction of sp³-hybridized carbons (Fsp3) is 0.364. The van der Waals surface area contributed by atoms with E-state index < -0.39 is 11.6 Å². The fourth-order valence-electron chi connectivity index (χ4n) is 0.977. The van der Waals surface area contributed by atoms with Gasteiger partial charge in [-0.25, -0.2) is 4.79 Å². The molecule has 1 rings (SSSR count). The Morgan fingerprint density at radius 2 is 1.94 bits per heavy atom. The highest BCUT2D eigenvalue weighted by molar-refractivity contribution is 7.99. The van der Waals surface area contributed by atoms with Crippen molar-refractivity contribution in [2.45, 2.75) is 24.0 Å². The van der Waals surface area contributed by atoms with E-state index in [9.17, 15) is 9.90 Å². The maximum atomic E-state index is 10.6. The zero-order valence-electron chi connectivity index (χ0n) is 8.88. The number of aliphatic carboxylic acids is 1. The molecule has 16 heavy (non-hydrogen) atoms. The summed E-state index contributed by atoms with van der Waals surface area (Å²) < 4.78 is 0. The van der Waals surface area contributed by atoms with Crippen molar-refractivity contribution in [2.24, 2.45) is 0 Å². The van der Waals surface area contributed by atoms with Crippen LogP contribution >= 0.6 is 11.8 Å². The summed E-state index contributed by atoms with van der Waals surface area (Å²) in [5.41, 5.74) is -0.922. The summed E-state index contributed by atoms with van der Waals surface area (Å²) >= 11 is 1.26. The zero-order valence-corrected chi connectivity index (χ0v) is 9.70. The molecule has 0 aliphatic carbocycles. The van der Waals surface area contributed by atoms with E-state index in [1.165, 1.54) is 18.7 Å². The molecular formula is C11H14O4S. The number of hydrogen-bond acceptors (Lipinski definition) is 4. The maximum absolute atomic E-state index is 10.6. The molecule has 0 aliphatic rings. The molecule has 5 heteroatoms. The first-order valence-corrected chi connectivity index (χ1v) is 5.72. The van der Waals surface area contributed by atoms with Gasteiger partial charge in [-0.1, -0.05) is 12.1 Å². The van der Waals surface area contributed by atoms with Crippen molar-refractivity contribution in [1.82, 2.24) is 0 Å². The molecule has 3 N–H and O–H groups in total. The minimum atomic E-state index is -1.72. The Balaban J connectivity index is 2.58. The summed E-state index contributed by atoms with van der Waals surface area (Å²) in [5.74, 6) is -1.15. The third-order valence-electron chi connectivity index (χ3n) is 2.09. The molecule has 0 fully saturated rings. The van der Waals surface area contributed by atoms with Gasteiger partial charge in [-0.3, -0.25) is 0 Å². The van der Waals surface area contributed by atoms with Gasteiger partial charge in [0.25, 0.3) is 0 Å². The first kappa shape index (κ1) is 13.0. The molecule has 1 aromatic carbocycles. The predicted octanol–water partition coefficient (Wildman–Crippen LogP) is 1.11. The number of hydrogen-bond donors (Lipinski definition) is 3. The van der Waals surface area contributed by atoms with E-state index in [0.717, 1.165) is 10.5 Å². The van der Waals surface area contributed by atoms with E-state index in [0.29, 0.717) is 0 Å². The van der Waals surface area contributed by atoms with E-state index in [1.54, 1.807) is 24.3 Å². The molecule has 0 aliphatic heterocycles. The predicted molar refractivity (Wildman–Crippen MR) is 61.3 cm³/mol. The van der Waals surface area contributed by atoms with Gasteiger partial charge in [0.2, 0.25) is 0 Å². The van der Waals surface area contributed by atoms with Gasteiger partial charge in [-0.05, 0) is 24.6 Å². The van der Waals surface area contributed by atoms with Gasteiger partial charge in [0.1, 0.15) is 0 Å². The number of carboxylic acid groups (broad SMARTS) is 1. The summed E-state index contributed by atoms with van der Waals surface area (Å²) in [4.78, 5) is 11.5. The Bertz CT molecular complexity index is 359. The molecule has 0 aromatic heterocycles. The van der Waals surface area contributed by atoms with Crippen LogP contribution in [0.1, 0.15) is 12.5 Å². The second-order valence-corrected chi connectivity index (χ2v) is 4.72. The number of aliphatic hydroxyl groups excluding tert-OH is 1. The molecule has 0 saturated carbocycles. The lowest BCUT2D eigenvalue weighted by Gasteiger charge is -2.16. The Hall–Kier alpha value is -1.04. The number of rotatable bonds is 5. The maximum Gasteiger partial charge on any atom is 0.336 e. The van der Waals surface area contributed by atoms with Gasteiger partial charge < -0.3 is 15.3 Å². The standard InChI is InChI=1S/C11H14O4S/c1-11(15,10(13)14)7-16-9-4-2-8(6-12)3-5-9/h2-5,12,15H,6-7H2,1H3,(H,13,14). The van der Waals surface area contributed by atoms with Gasteiger partial charge in [-0.15, -0.1) is 11.8 Å². The number of benzene rings is 1. The average molecular weight is 242 g/mol. The third-order valence-corrected chi connectivity index (χ3v) is 3.40. The molecule has 88 valence electrons. The number of carbonyl (C=O) groups is 1. The fourth-order valence-corrected chi connectivity index (χ4v) is 1.88. The molecule has 0 amide bonds. The third kappa shape index (κ3) is 3.52. The summed E-state index contributed by atoms with van der Waals surface area (Å²) in [6.07, 6.45) is 0. The highest BCUT2D eigenvalue weighted by atomic mass is 32.2. The molecule has 4 nitrogen and oxygen atoms in total. The van der Waals surface area contributed by atoms with Crippen LogP contribution in [0.5, 0.6) is 0 Å². The first-order chi connectivity index (χ1) is 7.45. The molecule has 0 spiro atoms.